The fraction of sp³-hybridized carbons (Fsp3) is 0.464. The van der Waals surface area contributed by atoms with Crippen molar-refractivity contribution in [2.45, 2.75) is 51.0 Å². The molecule has 0 unspecified atom stereocenters. The van der Waals surface area contributed by atoms with Crippen LogP contribution < -0.4 is 14.8 Å². The van der Waals surface area contributed by atoms with Crippen LogP contribution in [0.3, 0.4) is 0 Å². The van der Waals surface area contributed by atoms with Crippen LogP contribution in [0.5, 0.6) is 11.5 Å². The molecule has 39 heavy (non-hydrogen) atoms. The number of Topliss-reactive ketones (excluding diaryl/α,β-unsaturated/α-hetero) is 1. The Hall–Kier alpha value is -3.34. The van der Waals surface area contributed by atoms with E-state index in [1.54, 1.807) is 6.07 Å². The molecular formula is C28H35ClN2O8. The standard InChI is InChI=1S/C28H35ClN2O8/c1-17(32)23-22(37-4)13-20(24(29)25(23)38-5)16-31(11-12-39-18(2)19-9-7-6-8-10-19)27(35)30-28(26(33)34)14-21(15-28)36-3/h6-10,13,18,21H,11-12,14-16H2,1-5H3,(H,30,35)(H,33,34)/t18-,21-,28-/m0/s1. The summed E-state index contributed by atoms with van der Waals surface area (Å²) in [5.74, 6) is -1.05. The van der Waals surface area contributed by atoms with E-state index in [9.17, 15) is 19.5 Å². The second-order valence-electron chi connectivity index (χ2n) is 9.44. The van der Waals surface area contributed by atoms with E-state index in [0.29, 0.717) is 5.56 Å². The molecule has 1 aliphatic carbocycles. The van der Waals surface area contributed by atoms with Crippen molar-refractivity contribution in [3.63, 3.8) is 0 Å². The van der Waals surface area contributed by atoms with E-state index in [4.69, 9.17) is 30.5 Å². The number of ketones is 1. The minimum absolute atomic E-state index is 0.0257. The molecule has 0 heterocycles. The van der Waals surface area contributed by atoms with Gasteiger partial charge in [-0.3, -0.25) is 4.79 Å². The number of hydrogen-bond donors (Lipinski definition) is 2. The van der Waals surface area contributed by atoms with Crippen molar-refractivity contribution in [3.8, 4) is 11.5 Å². The number of carbonyl (C=O) groups is 3. The first kappa shape index (κ1) is 30.2. The van der Waals surface area contributed by atoms with Crippen LogP contribution in [0, 0.1) is 0 Å². The molecule has 2 aromatic carbocycles. The van der Waals surface area contributed by atoms with Gasteiger partial charge in [-0.05, 0) is 31.0 Å². The minimum atomic E-state index is -1.44. The van der Waals surface area contributed by atoms with Crippen molar-refractivity contribution in [3.05, 3.63) is 58.1 Å². The van der Waals surface area contributed by atoms with Gasteiger partial charge in [-0.15, -0.1) is 0 Å². The number of amides is 2. The lowest BCUT2D eigenvalue weighted by atomic mass is 9.74. The van der Waals surface area contributed by atoms with E-state index in [1.165, 1.54) is 33.2 Å². The molecule has 3 rings (SSSR count). The molecule has 1 atom stereocenters. The number of rotatable bonds is 13. The maximum Gasteiger partial charge on any atom is 0.329 e. The molecule has 0 saturated heterocycles. The van der Waals surface area contributed by atoms with E-state index < -0.39 is 17.5 Å². The third-order valence-corrected chi connectivity index (χ3v) is 7.34. The van der Waals surface area contributed by atoms with Crippen LogP contribution in [0.15, 0.2) is 36.4 Å². The average Bonchev–Trinajstić information content (AvgIpc) is 2.90. The topological polar surface area (TPSA) is 124 Å². The highest BCUT2D eigenvalue weighted by molar-refractivity contribution is 6.33. The van der Waals surface area contributed by atoms with Crippen LogP contribution in [0.4, 0.5) is 4.79 Å². The molecule has 0 radical (unpaired) electrons. The SMILES string of the molecule is COc1cc(CN(CCO[C@@H](C)c2ccccc2)C(=O)N[C@]2(C(=O)O)C[C@@H](OC)C2)c(Cl)c(OC)c1C(C)=O. The van der Waals surface area contributed by atoms with Crippen molar-refractivity contribution in [1.29, 1.82) is 0 Å². The maximum absolute atomic E-state index is 13.5. The zero-order chi connectivity index (χ0) is 28.7. The summed E-state index contributed by atoms with van der Waals surface area (Å²) in [5.41, 5.74) is 0.186. The number of hydrogen-bond acceptors (Lipinski definition) is 7. The highest BCUT2D eigenvalue weighted by atomic mass is 35.5. The van der Waals surface area contributed by atoms with E-state index >= 15 is 0 Å². The summed E-state index contributed by atoms with van der Waals surface area (Å²) in [4.78, 5) is 39.2. The van der Waals surface area contributed by atoms with E-state index in [2.05, 4.69) is 5.32 Å². The quantitative estimate of drug-likeness (QED) is 0.342. The van der Waals surface area contributed by atoms with Gasteiger partial charge in [0.2, 0.25) is 0 Å². The van der Waals surface area contributed by atoms with Crippen LogP contribution in [0.1, 0.15) is 54.3 Å². The van der Waals surface area contributed by atoms with E-state index in [0.717, 1.165) is 5.56 Å². The number of carboxylic acid groups (broad SMARTS) is 1. The number of nitrogens with one attached hydrogen (secondary N) is 1. The highest BCUT2D eigenvalue weighted by Gasteiger charge is 2.52. The third-order valence-electron chi connectivity index (χ3n) is 6.92. The lowest BCUT2D eigenvalue weighted by Gasteiger charge is -2.44. The number of nitrogens with zero attached hydrogens (tertiary/aromatic N) is 1. The normalized spacial score (nSPS) is 19.0. The largest absolute Gasteiger partial charge is 0.496 e. The first-order chi connectivity index (χ1) is 18.6. The maximum atomic E-state index is 13.5. The first-order valence-corrected chi connectivity index (χ1v) is 12.9. The second-order valence-corrected chi connectivity index (χ2v) is 9.82. The second kappa shape index (κ2) is 13.1. The number of benzene rings is 2. The summed E-state index contributed by atoms with van der Waals surface area (Å²) < 4.78 is 22.1. The van der Waals surface area contributed by atoms with Crippen molar-refractivity contribution < 1.29 is 38.4 Å². The van der Waals surface area contributed by atoms with Gasteiger partial charge in [0.15, 0.2) is 11.5 Å². The fourth-order valence-corrected chi connectivity index (χ4v) is 4.86. The molecule has 0 bridgehead atoms. The number of ether oxygens (including phenoxy) is 4. The van der Waals surface area contributed by atoms with Gasteiger partial charge >= 0.3 is 12.0 Å². The average molecular weight is 563 g/mol. The Labute approximate surface area is 233 Å². The first-order valence-electron chi connectivity index (χ1n) is 12.5. The minimum Gasteiger partial charge on any atom is -0.496 e. The summed E-state index contributed by atoms with van der Waals surface area (Å²) in [6, 6.07) is 10.6. The Morgan fingerprint density at radius 2 is 1.82 bits per heavy atom. The molecule has 0 aromatic heterocycles. The van der Waals surface area contributed by atoms with Crippen molar-refractivity contribution in [1.82, 2.24) is 10.2 Å². The van der Waals surface area contributed by atoms with E-state index in [-0.39, 0.29) is 72.6 Å². The monoisotopic (exact) mass is 562 g/mol. The van der Waals surface area contributed by atoms with Crippen molar-refractivity contribution >= 4 is 29.4 Å². The van der Waals surface area contributed by atoms with Crippen LogP contribution in [-0.4, -0.2) is 73.9 Å². The van der Waals surface area contributed by atoms with Crippen molar-refractivity contribution in [2.75, 3.05) is 34.5 Å². The molecule has 11 heteroatoms. The van der Waals surface area contributed by atoms with Gasteiger partial charge in [-0.25, -0.2) is 9.59 Å². The lowest BCUT2D eigenvalue weighted by Crippen LogP contribution is -2.66. The molecule has 2 amide bonds. The number of carboxylic acids is 1. The summed E-state index contributed by atoms with van der Waals surface area (Å²) >= 11 is 6.63. The Bertz CT molecular complexity index is 1180. The van der Waals surface area contributed by atoms with Gasteiger partial charge in [0, 0.05) is 33.0 Å². The lowest BCUT2D eigenvalue weighted by molar-refractivity contribution is -0.155. The van der Waals surface area contributed by atoms with Gasteiger partial charge in [0.1, 0.15) is 16.9 Å². The summed E-state index contributed by atoms with van der Waals surface area (Å²) in [5, 5.41) is 12.7. The number of methoxy groups -OCH3 is 3. The number of aliphatic carboxylic acids is 1. The molecule has 1 aliphatic rings. The van der Waals surface area contributed by atoms with Gasteiger partial charge in [-0.1, -0.05) is 41.9 Å². The molecule has 0 aliphatic heterocycles. The molecule has 2 aromatic rings. The van der Waals surface area contributed by atoms with Gasteiger partial charge in [0.25, 0.3) is 0 Å². The Balaban J connectivity index is 1.87. The molecule has 2 N–H and O–H groups in total. The Kier molecular flexibility index (Phi) is 10.2. The summed E-state index contributed by atoms with van der Waals surface area (Å²) in [6.45, 7) is 3.55. The van der Waals surface area contributed by atoms with Crippen LogP contribution in [0.2, 0.25) is 5.02 Å². The van der Waals surface area contributed by atoms with Gasteiger partial charge < -0.3 is 34.3 Å². The molecule has 1 saturated carbocycles. The Morgan fingerprint density at radius 3 is 2.36 bits per heavy atom. The predicted molar refractivity (Wildman–Crippen MR) is 145 cm³/mol. The zero-order valence-electron chi connectivity index (χ0n) is 22.8. The molecular weight excluding hydrogens is 528 g/mol. The number of carbonyl (C=O) groups excluding carboxylic acids is 2. The summed E-state index contributed by atoms with van der Waals surface area (Å²) in [6.07, 6.45) is -0.188. The van der Waals surface area contributed by atoms with Gasteiger partial charge in [0.05, 0.1) is 38.1 Å². The molecule has 10 nitrogen and oxygen atoms in total. The third kappa shape index (κ3) is 6.81. The van der Waals surface area contributed by atoms with Crippen LogP contribution >= 0.6 is 11.6 Å². The molecule has 0 spiro atoms. The zero-order valence-corrected chi connectivity index (χ0v) is 23.5. The number of urea groups is 1. The Morgan fingerprint density at radius 1 is 1.15 bits per heavy atom. The van der Waals surface area contributed by atoms with E-state index in [1.807, 2.05) is 37.3 Å². The van der Waals surface area contributed by atoms with Crippen molar-refractivity contribution in [2.24, 2.45) is 0 Å². The van der Waals surface area contributed by atoms with Gasteiger partial charge in [-0.2, -0.15) is 0 Å². The highest BCUT2D eigenvalue weighted by Crippen LogP contribution is 2.40. The molecule has 212 valence electrons. The number of halogens is 1. The molecule has 1 fully saturated rings. The fourth-order valence-electron chi connectivity index (χ4n) is 4.58. The predicted octanol–water partition coefficient (Wildman–Crippen LogP) is 4.48. The smallest absolute Gasteiger partial charge is 0.329 e. The van der Waals surface area contributed by atoms with Crippen LogP contribution in [0.25, 0.3) is 0 Å². The van der Waals surface area contributed by atoms with Crippen LogP contribution in [-0.2, 0) is 20.8 Å². The summed E-state index contributed by atoms with van der Waals surface area (Å²) in [7, 11) is 4.31.